The van der Waals surface area contributed by atoms with Gasteiger partial charge in [-0.1, -0.05) is 54.6 Å². The highest BCUT2D eigenvalue weighted by molar-refractivity contribution is 8.14. The number of benzene rings is 4. The molecule has 0 N–H and O–H groups in total. The quantitative estimate of drug-likeness (QED) is 0.299. The highest BCUT2D eigenvalue weighted by Crippen LogP contribution is 2.43. The van der Waals surface area contributed by atoms with Crippen LogP contribution in [0.3, 0.4) is 0 Å². The van der Waals surface area contributed by atoms with Gasteiger partial charge in [0.05, 0.1) is 10.9 Å². The van der Waals surface area contributed by atoms with Crippen LogP contribution < -0.4 is 0 Å². The van der Waals surface area contributed by atoms with Gasteiger partial charge in [0, 0.05) is 26.7 Å². The highest BCUT2D eigenvalue weighted by Gasteiger charge is 2.47. The van der Waals surface area contributed by atoms with E-state index in [-0.39, 0.29) is 10.9 Å². The first-order valence-corrected chi connectivity index (χ1v) is 13.0. The summed E-state index contributed by atoms with van der Waals surface area (Å²) in [5.41, 5.74) is 1.39. The molecule has 0 bridgehead atoms. The highest BCUT2D eigenvalue weighted by atomic mass is 32.2. The molecule has 3 aliphatic rings. The molecule has 1 unspecified atom stereocenters. The third kappa shape index (κ3) is 2.42. The van der Waals surface area contributed by atoms with E-state index in [1.165, 1.54) is 43.0 Å². The zero-order chi connectivity index (χ0) is 21.6. The van der Waals surface area contributed by atoms with E-state index in [0.29, 0.717) is 0 Å². The molecule has 0 amide bonds. The van der Waals surface area contributed by atoms with Crippen molar-refractivity contribution in [3.63, 3.8) is 0 Å². The van der Waals surface area contributed by atoms with Gasteiger partial charge < -0.3 is 0 Å². The monoisotopic (exact) mass is 474 g/mol. The molecule has 3 aliphatic heterocycles. The molecule has 1 fully saturated rings. The molecule has 4 aromatic rings. The van der Waals surface area contributed by atoms with E-state index in [9.17, 15) is 0 Å². The van der Waals surface area contributed by atoms with Crippen LogP contribution in [0, 0.1) is 0 Å². The average Bonchev–Trinajstić information content (AvgIpc) is 3.26. The van der Waals surface area contributed by atoms with Crippen molar-refractivity contribution in [2.24, 2.45) is 0 Å². The first-order valence-electron chi connectivity index (χ1n) is 11.0. The van der Waals surface area contributed by atoms with E-state index >= 15 is 0 Å². The summed E-state index contributed by atoms with van der Waals surface area (Å²) < 4.78 is 4.65. The molecule has 0 aromatic heterocycles. The number of nitrogens with zero attached hydrogens (tertiary/aromatic N) is 4. The van der Waals surface area contributed by atoms with Gasteiger partial charge >= 0.3 is 0 Å². The zero-order valence-electron chi connectivity index (χ0n) is 17.7. The molecule has 0 saturated carbocycles. The third-order valence-corrected chi connectivity index (χ3v) is 10.4. The summed E-state index contributed by atoms with van der Waals surface area (Å²) in [5, 5.41) is 11.3. The zero-order valence-corrected chi connectivity index (χ0v) is 20.2. The maximum atomic E-state index is 5.95. The van der Waals surface area contributed by atoms with Crippen LogP contribution in [-0.2, 0) is 6.42 Å². The fraction of sp³-hybridized carbons (Fsp3) is 0.240. The molecular weight excluding hydrogens is 453 g/mol. The summed E-state index contributed by atoms with van der Waals surface area (Å²) in [4.78, 5) is 4.62. The van der Waals surface area contributed by atoms with Gasteiger partial charge in [-0.25, -0.2) is 0 Å². The Labute approximate surface area is 200 Å². The van der Waals surface area contributed by atoms with Gasteiger partial charge in [0.2, 0.25) is 0 Å². The molecule has 1 saturated heterocycles. The molecule has 3 heterocycles. The Bertz CT molecular complexity index is 1480. The molecule has 7 rings (SSSR count). The second-order valence-corrected chi connectivity index (χ2v) is 11.3. The van der Waals surface area contributed by atoms with Gasteiger partial charge in [0.25, 0.3) is 0 Å². The molecule has 0 spiro atoms. The summed E-state index contributed by atoms with van der Waals surface area (Å²) in [6, 6.07) is 20.2. The van der Waals surface area contributed by atoms with Crippen LogP contribution in [0.25, 0.3) is 32.3 Å². The first kappa shape index (κ1) is 19.0. The minimum absolute atomic E-state index is 0.204. The summed E-state index contributed by atoms with van der Waals surface area (Å²) >= 11 is 11.7. The van der Waals surface area contributed by atoms with Crippen molar-refractivity contribution >= 4 is 82.9 Å². The minimum atomic E-state index is -0.204. The molecular formula is C25H22N4S3. The molecule has 4 aromatic carbocycles. The van der Waals surface area contributed by atoms with Crippen molar-refractivity contribution in [1.82, 2.24) is 18.4 Å². The summed E-state index contributed by atoms with van der Waals surface area (Å²) in [5.74, 6) is 0. The number of hydrogen-bond donors (Lipinski definition) is 0. The Balaban J connectivity index is 1.29. The van der Waals surface area contributed by atoms with E-state index in [0.717, 1.165) is 42.7 Å². The molecule has 1 atom stereocenters. The Morgan fingerprint density at radius 3 is 2.25 bits per heavy atom. The van der Waals surface area contributed by atoms with Crippen molar-refractivity contribution in [3.8, 4) is 0 Å². The van der Waals surface area contributed by atoms with E-state index in [1.54, 1.807) is 0 Å². The molecule has 0 radical (unpaired) electrons. The van der Waals surface area contributed by atoms with Crippen LogP contribution in [0.15, 0.2) is 54.6 Å². The maximum Gasteiger partial charge on any atom is 0.188 e. The van der Waals surface area contributed by atoms with Crippen LogP contribution in [-0.4, -0.2) is 60.4 Å². The Morgan fingerprint density at radius 1 is 0.812 bits per heavy atom. The largest absolute Gasteiger partial charge is 0.296 e. The van der Waals surface area contributed by atoms with E-state index < -0.39 is 0 Å². The topological polar surface area (TPSA) is 13.0 Å². The smallest absolute Gasteiger partial charge is 0.188 e. The predicted molar refractivity (Wildman–Crippen MR) is 144 cm³/mol. The minimum Gasteiger partial charge on any atom is -0.296 e. The van der Waals surface area contributed by atoms with Crippen LogP contribution in [0.2, 0.25) is 0 Å². The van der Waals surface area contributed by atoms with E-state index in [4.69, 9.17) is 24.4 Å². The first-order chi connectivity index (χ1) is 15.6. The summed E-state index contributed by atoms with van der Waals surface area (Å²) in [6.45, 7) is 2.90. The predicted octanol–water partition coefficient (Wildman–Crippen LogP) is 5.15. The molecule has 7 heteroatoms. The fourth-order valence-electron chi connectivity index (χ4n) is 5.52. The number of rotatable bonds is 3. The van der Waals surface area contributed by atoms with Crippen molar-refractivity contribution in [1.29, 1.82) is 0 Å². The lowest BCUT2D eigenvalue weighted by atomic mass is 9.91. The van der Waals surface area contributed by atoms with E-state index in [2.05, 4.69) is 80.1 Å². The van der Waals surface area contributed by atoms with Crippen LogP contribution in [0.4, 0.5) is 0 Å². The Kier molecular flexibility index (Phi) is 4.02. The van der Waals surface area contributed by atoms with Gasteiger partial charge in [-0.15, -0.1) is 0 Å². The lowest BCUT2D eigenvalue weighted by Gasteiger charge is -2.36. The molecule has 160 valence electrons. The fourth-order valence-corrected chi connectivity index (χ4v) is 8.75. The van der Waals surface area contributed by atoms with Crippen LogP contribution in [0.1, 0.15) is 12.0 Å². The lowest BCUT2D eigenvalue weighted by molar-refractivity contribution is 0.398. The lowest BCUT2D eigenvalue weighted by Crippen LogP contribution is -2.52. The van der Waals surface area contributed by atoms with Crippen LogP contribution in [0.5, 0.6) is 0 Å². The van der Waals surface area contributed by atoms with Gasteiger partial charge in [0.1, 0.15) is 0 Å². The summed E-state index contributed by atoms with van der Waals surface area (Å²) in [6.07, 6.45) is 2.05. The standard InChI is InChI=1S/C25H22N4S3/c1-26-23(30)27-13-3-14-28-24(31)29(32(26)25(27)28)15-12-16-6-7-19-9-8-17-4-2-5-18-10-11-20(16)22(19)21(17)18/h2,4-11H,3,12-15H2,1H3. The van der Waals surface area contributed by atoms with E-state index in [1.807, 2.05) is 0 Å². The van der Waals surface area contributed by atoms with Crippen molar-refractivity contribution in [2.75, 3.05) is 26.7 Å². The number of thiocarbonyl (C=S) groups is 2. The second-order valence-electron chi connectivity index (χ2n) is 8.70. The molecule has 4 nitrogen and oxygen atoms in total. The second kappa shape index (κ2) is 6.76. The summed E-state index contributed by atoms with van der Waals surface area (Å²) in [7, 11) is 1.91. The molecule has 0 aliphatic carbocycles. The Morgan fingerprint density at radius 2 is 1.47 bits per heavy atom. The average molecular weight is 475 g/mol. The number of hydrogen-bond acceptors (Lipinski definition) is 2. The van der Waals surface area contributed by atoms with Gasteiger partial charge in [-0.3, -0.25) is 18.4 Å². The molecule has 32 heavy (non-hydrogen) atoms. The SMILES string of the molecule is CN1C(=S)N2CCCN3C(=S)N(CCc4ccc5ccc6cccc7ccc4c5c67)S1=C23. The third-order valence-electron chi connectivity index (χ3n) is 7.00. The van der Waals surface area contributed by atoms with Crippen molar-refractivity contribution in [3.05, 3.63) is 60.2 Å². The van der Waals surface area contributed by atoms with Gasteiger partial charge in [-0.05, 0) is 75.2 Å². The maximum absolute atomic E-state index is 5.95. The Hall–Kier alpha value is -2.48. The normalized spacial score (nSPS) is 20.7. The van der Waals surface area contributed by atoms with Gasteiger partial charge in [-0.2, -0.15) is 0 Å². The van der Waals surface area contributed by atoms with Crippen molar-refractivity contribution in [2.45, 2.75) is 12.8 Å². The van der Waals surface area contributed by atoms with Crippen LogP contribution >= 0.6 is 35.3 Å². The van der Waals surface area contributed by atoms with Crippen molar-refractivity contribution < 1.29 is 0 Å². The van der Waals surface area contributed by atoms with Gasteiger partial charge in [0.15, 0.2) is 15.3 Å².